The van der Waals surface area contributed by atoms with Gasteiger partial charge in [-0.3, -0.25) is 0 Å². The van der Waals surface area contributed by atoms with Crippen LogP contribution in [0.1, 0.15) is 34.6 Å². The van der Waals surface area contributed by atoms with Gasteiger partial charge in [0.1, 0.15) is 23.0 Å². The van der Waals surface area contributed by atoms with Crippen molar-refractivity contribution in [3.63, 3.8) is 0 Å². The molecule has 0 heterocycles. The van der Waals surface area contributed by atoms with Gasteiger partial charge < -0.3 is 58.6 Å². The molecule has 1 atom stereocenters. The zero-order chi connectivity index (χ0) is 47.5. The van der Waals surface area contributed by atoms with E-state index in [4.69, 9.17) is 16.8 Å². The molecule has 364 valence electrons. The number of nitrogens with zero attached hydrogens (tertiary/aromatic N) is 3. The zero-order valence-electron chi connectivity index (χ0n) is 38.2. The second-order valence-electron chi connectivity index (χ2n) is 15.3. The second kappa shape index (κ2) is 28.2. The van der Waals surface area contributed by atoms with Crippen LogP contribution in [0.5, 0.6) is 23.0 Å². The Bertz CT molecular complexity index is 2910. The van der Waals surface area contributed by atoms with E-state index in [2.05, 4.69) is 16.0 Å². The fraction of sp³-hybridized carbons (Fsp3) is 0.0345. The van der Waals surface area contributed by atoms with E-state index < -0.39 is 6.17 Å². The first-order valence-corrected chi connectivity index (χ1v) is 21.8. The first-order valence-electron chi connectivity index (χ1n) is 21.8. The summed E-state index contributed by atoms with van der Waals surface area (Å²) in [5, 5.41) is 59.1. The molecule has 0 amide bonds. The van der Waals surface area contributed by atoms with Crippen molar-refractivity contribution in [3.8, 4) is 23.0 Å². The minimum absolute atomic E-state index is 0. The van der Waals surface area contributed by atoms with Crippen LogP contribution in [0, 0.1) is 0 Å². The Kier molecular flexibility index (Phi) is 22.0. The second-order valence-corrected chi connectivity index (χ2v) is 15.3. The molecule has 9 aromatic carbocycles. The number of phenols is 4. The van der Waals surface area contributed by atoms with Crippen LogP contribution in [-0.4, -0.2) is 25.9 Å². The largest absolute Gasteiger partial charge is 2.00 e. The van der Waals surface area contributed by atoms with E-state index in [1.165, 1.54) is 0 Å². The standard InChI is InChI=1S/C20H18N2O2.C19H17N2O.C19H16N2O.2Co.H2O/c21-17-10-9-13(11-14-5-1-3-7-18(14)23)16(20(17)22)12-15-6-2-4-8-19(15)24;2*22-18-14-8-7-13-17(18)19(20-15-9-3-1-4-10-15)21-16-11-5-2-6-12-16;;;/h1-12,23-24H,21-22H2;1-14,19-20,22H;1-14,19,22H;;;1H2/q;-1;-2;;+2;. The third-order valence-corrected chi connectivity index (χ3v) is 10.5. The van der Waals surface area contributed by atoms with Crippen molar-refractivity contribution in [1.29, 1.82) is 0 Å². The maximum atomic E-state index is 10.1. The molecular weight excluding hydrogens is 979 g/mol. The van der Waals surface area contributed by atoms with E-state index in [1.54, 1.807) is 66.7 Å². The normalized spacial score (nSPS) is 11.1. The van der Waals surface area contributed by atoms with Crippen LogP contribution >= 0.6 is 0 Å². The van der Waals surface area contributed by atoms with Crippen molar-refractivity contribution in [3.05, 3.63) is 279 Å². The third kappa shape index (κ3) is 16.1. The monoisotopic (exact) mass is 1030 g/mol. The Balaban J connectivity index is 0.000000227. The summed E-state index contributed by atoms with van der Waals surface area (Å²) in [6.45, 7) is 0. The van der Waals surface area contributed by atoms with Gasteiger partial charge in [-0.15, -0.1) is 17.1 Å². The van der Waals surface area contributed by atoms with Crippen LogP contribution in [-0.2, 0) is 33.6 Å². The van der Waals surface area contributed by atoms with Crippen LogP contribution in [0.4, 0.5) is 34.1 Å². The van der Waals surface area contributed by atoms with Crippen LogP contribution in [0.25, 0.3) is 28.1 Å². The van der Waals surface area contributed by atoms with Crippen LogP contribution in [0.2, 0.25) is 0 Å². The fourth-order valence-corrected chi connectivity index (χ4v) is 6.94. The Hall–Kier alpha value is -8.31. The summed E-state index contributed by atoms with van der Waals surface area (Å²) < 4.78 is 0. The summed E-state index contributed by atoms with van der Waals surface area (Å²) in [6.07, 6.45) is 2.78. The molecule has 1 unspecified atom stereocenters. The molecule has 0 saturated heterocycles. The molecule has 0 fully saturated rings. The number of hydrogen-bond donors (Lipinski definition) is 7. The van der Waals surface area contributed by atoms with E-state index in [-0.39, 0.29) is 68.2 Å². The minimum atomic E-state index is -0.481. The molecule has 2 radical (unpaired) electrons. The van der Waals surface area contributed by atoms with E-state index in [0.717, 1.165) is 33.5 Å². The maximum Gasteiger partial charge on any atom is 2.00 e. The minimum Gasteiger partial charge on any atom is -0.693 e. The Morgan fingerprint density at radius 2 is 0.789 bits per heavy atom. The van der Waals surface area contributed by atoms with Crippen molar-refractivity contribution < 1.29 is 59.5 Å². The van der Waals surface area contributed by atoms with Crippen molar-refractivity contribution in [2.24, 2.45) is 0 Å². The predicted molar refractivity (Wildman–Crippen MR) is 282 cm³/mol. The molecule has 9 aromatic rings. The van der Waals surface area contributed by atoms with E-state index >= 15 is 0 Å². The van der Waals surface area contributed by atoms with Crippen molar-refractivity contribution in [1.82, 2.24) is 0 Å². The summed E-state index contributed by atoms with van der Waals surface area (Å²) in [4.78, 5) is 0. The van der Waals surface area contributed by atoms with Crippen LogP contribution in [0.3, 0.4) is 0 Å². The molecule has 9 rings (SSSR count). The van der Waals surface area contributed by atoms with Crippen molar-refractivity contribution in [2.45, 2.75) is 12.3 Å². The number of aromatic hydroxyl groups is 4. The number of para-hydroxylation sites is 8. The zero-order valence-corrected chi connectivity index (χ0v) is 40.3. The van der Waals surface area contributed by atoms with Crippen LogP contribution in [0.15, 0.2) is 231 Å². The van der Waals surface area contributed by atoms with Gasteiger partial charge in [0.25, 0.3) is 0 Å². The van der Waals surface area contributed by atoms with Crippen LogP contribution < -0.4 is 27.2 Å². The van der Waals surface area contributed by atoms with Gasteiger partial charge in [0.2, 0.25) is 0 Å². The number of nitrogen functional groups attached to an aromatic ring is 2. The van der Waals surface area contributed by atoms with E-state index in [9.17, 15) is 20.4 Å². The van der Waals surface area contributed by atoms with E-state index in [0.29, 0.717) is 33.3 Å². The average Bonchev–Trinajstić information content (AvgIpc) is 3.37. The fourth-order valence-electron chi connectivity index (χ4n) is 6.94. The first kappa shape index (κ1) is 55.3. The quantitative estimate of drug-likeness (QED) is 0.0587. The van der Waals surface area contributed by atoms with Gasteiger partial charge in [-0.2, -0.15) is 6.17 Å². The van der Waals surface area contributed by atoms with Gasteiger partial charge in [0.15, 0.2) is 0 Å². The molecule has 0 saturated carbocycles. The molecule has 0 bridgehead atoms. The summed E-state index contributed by atoms with van der Waals surface area (Å²) in [7, 11) is 0. The number of nitrogens with two attached hydrogens (primary N) is 2. The molecule has 0 spiro atoms. The van der Waals surface area contributed by atoms with Gasteiger partial charge in [-0.1, -0.05) is 188 Å². The first-order chi connectivity index (χ1) is 33.2. The molecule has 11 nitrogen and oxygen atoms in total. The number of nitrogens with one attached hydrogen (secondary N) is 1. The van der Waals surface area contributed by atoms with Gasteiger partial charge in [-0.05, 0) is 77.1 Å². The summed E-state index contributed by atoms with van der Waals surface area (Å²) in [5.74, 6) is 0.775. The number of benzene rings is 9. The number of hydrogen-bond acceptors (Lipinski definition) is 7. The molecule has 11 N–H and O–H groups in total. The molecule has 13 heteroatoms. The average molecular weight is 1030 g/mol. The molecule has 0 aliphatic heterocycles. The third-order valence-electron chi connectivity index (χ3n) is 10.5. The van der Waals surface area contributed by atoms with Gasteiger partial charge >= 0.3 is 16.8 Å². The Morgan fingerprint density at radius 3 is 1.25 bits per heavy atom. The number of rotatable bonds is 12. The Morgan fingerprint density at radius 1 is 0.408 bits per heavy atom. The van der Waals surface area contributed by atoms with Gasteiger partial charge in [0.05, 0.1) is 11.4 Å². The summed E-state index contributed by atoms with van der Waals surface area (Å²) >= 11 is 0. The number of anilines is 3. The number of phenolic OH excluding ortho intramolecular Hbond substituents is 4. The van der Waals surface area contributed by atoms with Crippen molar-refractivity contribution >= 4 is 46.3 Å². The topological polar surface area (TPSA) is 219 Å². The Labute approximate surface area is 434 Å². The maximum absolute atomic E-state index is 10.1. The SMILES string of the molecule is Nc1ccc(=Cc2ccccc2O)c(=Cc2ccccc2O)c1N.O.Oc1ccccc1C([N-]c1ccccc1)Nc1ccccc1.Oc1ccccc1C([N-]c1ccccc1)[N-]c1ccccc1.[Co+2].[Co]. The molecule has 0 aromatic heterocycles. The molecule has 0 aliphatic carbocycles. The predicted octanol–water partition coefficient (Wildman–Crippen LogP) is 12.1. The van der Waals surface area contributed by atoms with Gasteiger partial charge in [0, 0.05) is 38.8 Å². The summed E-state index contributed by atoms with van der Waals surface area (Å²) in [5.41, 5.74) is 19.2. The molecular formula is C58H53Co2N6O5-. The van der Waals surface area contributed by atoms with E-state index in [1.807, 2.05) is 176 Å². The van der Waals surface area contributed by atoms with Gasteiger partial charge in [-0.25, -0.2) is 0 Å². The van der Waals surface area contributed by atoms with Crippen molar-refractivity contribution in [2.75, 3.05) is 16.8 Å². The smallest absolute Gasteiger partial charge is 0.693 e. The molecule has 0 aliphatic rings. The summed E-state index contributed by atoms with van der Waals surface area (Å²) in [6, 6.07) is 71.0. The molecule has 71 heavy (non-hydrogen) atoms.